The SMILES string of the molecule is CC=NC(CCCOCCc1ccc(C)cc1)=C(C)C. The molecule has 0 saturated carbocycles. The van der Waals surface area contributed by atoms with Crippen molar-refractivity contribution in [3.8, 4) is 0 Å². The van der Waals surface area contributed by atoms with Crippen molar-refractivity contribution in [2.75, 3.05) is 13.2 Å². The Morgan fingerprint density at radius 1 is 1.15 bits per heavy atom. The van der Waals surface area contributed by atoms with Gasteiger partial charge in [0.05, 0.1) is 6.61 Å². The molecule has 0 atom stereocenters. The summed E-state index contributed by atoms with van der Waals surface area (Å²) >= 11 is 0. The van der Waals surface area contributed by atoms with Crippen LogP contribution in [0.5, 0.6) is 0 Å². The Kier molecular flexibility index (Phi) is 7.89. The van der Waals surface area contributed by atoms with E-state index in [9.17, 15) is 0 Å². The smallest absolute Gasteiger partial charge is 0.0506 e. The molecule has 0 fully saturated rings. The van der Waals surface area contributed by atoms with Gasteiger partial charge in [-0.05, 0) is 52.5 Å². The number of ether oxygens (including phenoxy) is 1. The number of rotatable bonds is 8. The second kappa shape index (κ2) is 9.49. The van der Waals surface area contributed by atoms with Crippen LogP contribution in [0.25, 0.3) is 0 Å². The van der Waals surface area contributed by atoms with Crippen LogP contribution in [0.2, 0.25) is 0 Å². The average Bonchev–Trinajstić information content (AvgIpc) is 2.43. The van der Waals surface area contributed by atoms with Gasteiger partial charge in [0.2, 0.25) is 0 Å². The summed E-state index contributed by atoms with van der Waals surface area (Å²) in [5, 5.41) is 0. The molecular formula is C18H27NO. The Balaban J connectivity index is 2.16. The molecule has 20 heavy (non-hydrogen) atoms. The lowest BCUT2D eigenvalue weighted by atomic mass is 10.1. The zero-order chi connectivity index (χ0) is 14.8. The van der Waals surface area contributed by atoms with Gasteiger partial charge < -0.3 is 4.74 Å². The van der Waals surface area contributed by atoms with Gasteiger partial charge in [-0.2, -0.15) is 0 Å². The van der Waals surface area contributed by atoms with Gasteiger partial charge in [-0.3, -0.25) is 4.99 Å². The highest BCUT2D eigenvalue weighted by Gasteiger charge is 1.98. The highest BCUT2D eigenvalue weighted by Crippen LogP contribution is 2.12. The maximum Gasteiger partial charge on any atom is 0.0506 e. The molecule has 0 N–H and O–H groups in total. The first-order chi connectivity index (χ1) is 9.63. The van der Waals surface area contributed by atoms with Crippen LogP contribution in [-0.2, 0) is 11.2 Å². The molecule has 0 aliphatic rings. The van der Waals surface area contributed by atoms with Crippen LogP contribution in [-0.4, -0.2) is 19.4 Å². The largest absolute Gasteiger partial charge is 0.381 e. The van der Waals surface area contributed by atoms with Gasteiger partial charge in [-0.15, -0.1) is 0 Å². The zero-order valence-electron chi connectivity index (χ0n) is 13.3. The molecular weight excluding hydrogens is 246 g/mol. The minimum Gasteiger partial charge on any atom is -0.381 e. The number of allylic oxidation sites excluding steroid dienone is 2. The lowest BCUT2D eigenvalue weighted by Gasteiger charge is -2.06. The molecule has 2 nitrogen and oxygen atoms in total. The fraction of sp³-hybridized carbons (Fsp3) is 0.500. The Bertz CT molecular complexity index is 439. The van der Waals surface area contributed by atoms with Gasteiger partial charge >= 0.3 is 0 Å². The fourth-order valence-electron chi connectivity index (χ4n) is 1.99. The van der Waals surface area contributed by atoms with Crippen molar-refractivity contribution < 1.29 is 4.74 Å². The second-order valence-electron chi connectivity index (χ2n) is 5.29. The van der Waals surface area contributed by atoms with Crippen LogP contribution >= 0.6 is 0 Å². The quantitative estimate of drug-likeness (QED) is 0.496. The van der Waals surface area contributed by atoms with Crippen molar-refractivity contribution in [3.05, 3.63) is 46.7 Å². The summed E-state index contributed by atoms with van der Waals surface area (Å²) in [5.41, 5.74) is 5.13. The molecule has 0 radical (unpaired) electrons. The molecule has 0 aromatic heterocycles. The second-order valence-corrected chi connectivity index (χ2v) is 5.29. The van der Waals surface area contributed by atoms with Crippen LogP contribution in [0.4, 0.5) is 0 Å². The van der Waals surface area contributed by atoms with Crippen molar-refractivity contribution in [2.24, 2.45) is 4.99 Å². The maximum atomic E-state index is 5.70. The summed E-state index contributed by atoms with van der Waals surface area (Å²) in [5.74, 6) is 0. The molecule has 0 aliphatic carbocycles. The van der Waals surface area contributed by atoms with Gasteiger partial charge in [-0.1, -0.05) is 35.4 Å². The van der Waals surface area contributed by atoms with Crippen LogP contribution in [0.1, 0.15) is 44.7 Å². The number of aliphatic imine (C=N–C) groups is 1. The topological polar surface area (TPSA) is 21.6 Å². The van der Waals surface area contributed by atoms with Crippen LogP contribution in [0, 0.1) is 6.92 Å². The molecule has 1 rings (SSSR count). The van der Waals surface area contributed by atoms with Crippen molar-refractivity contribution in [1.82, 2.24) is 0 Å². The van der Waals surface area contributed by atoms with E-state index in [-0.39, 0.29) is 0 Å². The molecule has 0 bridgehead atoms. The summed E-state index contributed by atoms with van der Waals surface area (Å²) in [6, 6.07) is 8.66. The summed E-state index contributed by atoms with van der Waals surface area (Å²) in [6.07, 6.45) is 4.88. The predicted molar refractivity (Wildman–Crippen MR) is 87.5 cm³/mol. The van der Waals surface area contributed by atoms with E-state index in [0.717, 1.165) is 32.5 Å². The van der Waals surface area contributed by atoms with E-state index < -0.39 is 0 Å². The van der Waals surface area contributed by atoms with Gasteiger partial charge in [0.1, 0.15) is 0 Å². The molecule has 0 saturated heterocycles. The first-order valence-corrected chi connectivity index (χ1v) is 7.41. The van der Waals surface area contributed by atoms with E-state index in [0.29, 0.717) is 0 Å². The Hall–Kier alpha value is -1.41. The summed E-state index contributed by atoms with van der Waals surface area (Å²) in [6.45, 7) is 9.90. The average molecular weight is 273 g/mol. The number of nitrogens with zero attached hydrogens (tertiary/aromatic N) is 1. The third kappa shape index (κ3) is 6.67. The minimum absolute atomic E-state index is 0.796. The summed E-state index contributed by atoms with van der Waals surface area (Å²) in [4.78, 5) is 4.40. The molecule has 1 aromatic rings. The van der Waals surface area contributed by atoms with Crippen molar-refractivity contribution in [3.63, 3.8) is 0 Å². The van der Waals surface area contributed by atoms with Crippen LogP contribution in [0.15, 0.2) is 40.5 Å². The number of benzene rings is 1. The van der Waals surface area contributed by atoms with Gasteiger partial charge in [-0.25, -0.2) is 0 Å². The Labute approximate surface area is 123 Å². The van der Waals surface area contributed by atoms with Crippen molar-refractivity contribution in [2.45, 2.75) is 47.0 Å². The zero-order valence-corrected chi connectivity index (χ0v) is 13.3. The molecule has 0 aliphatic heterocycles. The maximum absolute atomic E-state index is 5.70. The summed E-state index contributed by atoms with van der Waals surface area (Å²) in [7, 11) is 0. The van der Waals surface area contributed by atoms with Gasteiger partial charge in [0.15, 0.2) is 0 Å². The molecule has 0 spiro atoms. The van der Waals surface area contributed by atoms with E-state index in [2.05, 4.69) is 50.0 Å². The number of hydrogen-bond donors (Lipinski definition) is 0. The predicted octanol–water partition coefficient (Wildman–Crippen LogP) is 4.72. The fourth-order valence-corrected chi connectivity index (χ4v) is 1.99. The number of aryl methyl sites for hydroxylation is 1. The monoisotopic (exact) mass is 273 g/mol. The highest BCUT2D eigenvalue weighted by atomic mass is 16.5. The molecule has 110 valence electrons. The third-order valence-corrected chi connectivity index (χ3v) is 3.22. The first kappa shape index (κ1) is 16.6. The number of hydrogen-bond acceptors (Lipinski definition) is 2. The van der Waals surface area contributed by atoms with Gasteiger partial charge in [0.25, 0.3) is 0 Å². The third-order valence-electron chi connectivity index (χ3n) is 3.22. The Morgan fingerprint density at radius 3 is 2.45 bits per heavy atom. The van der Waals surface area contributed by atoms with Crippen molar-refractivity contribution >= 4 is 6.21 Å². The first-order valence-electron chi connectivity index (χ1n) is 7.41. The highest BCUT2D eigenvalue weighted by molar-refractivity contribution is 5.55. The van der Waals surface area contributed by atoms with E-state index in [1.165, 1.54) is 22.4 Å². The molecule has 0 amide bonds. The van der Waals surface area contributed by atoms with E-state index in [4.69, 9.17) is 4.74 Å². The minimum atomic E-state index is 0.796. The molecule has 2 heteroatoms. The molecule has 0 unspecified atom stereocenters. The lowest BCUT2D eigenvalue weighted by molar-refractivity contribution is 0.135. The van der Waals surface area contributed by atoms with E-state index in [1.54, 1.807) is 0 Å². The lowest BCUT2D eigenvalue weighted by Crippen LogP contribution is -2.01. The molecule has 1 aromatic carbocycles. The van der Waals surface area contributed by atoms with E-state index >= 15 is 0 Å². The van der Waals surface area contributed by atoms with Gasteiger partial charge in [0, 0.05) is 18.5 Å². The Morgan fingerprint density at radius 2 is 1.85 bits per heavy atom. The summed E-state index contributed by atoms with van der Waals surface area (Å²) < 4.78 is 5.70. The standard InChI is InChI=1S/C18H27NO/c1-5-19-18(15(2)3)7-6-13-20-14-12-17-10-8-16(4)9-11-17/h5,8-11H,6-7,12-14H2,1-4H3. The van der Waals surface area contributed by atoms with E-state index in [1.807, 2.05) is 13.1 Å². The van der Waals surface area contributed by atoms with Crippen molar-refractivity contribution in [1.29, 1.82) is 0 Å². The van der Waals surface area contributed by atoms with Crippen LogP contribution < -0.4 is 0 Å². The normalized spacial score (nSPS) is 11.0. The molecule has 0 heterocycles. The van der Waals surface area contributed by atoms with Crippen LogP contribution in [0.3, 0.4) is 0 Å².